The second-order valence-corrected chi connectivity index (χ2v) is 15.4. The van der Waals surface area contributed by atoms with Crippen LogP contribution in [0.25, 0.3) is 0 Å². The van der Waals surface area contributed by atoms with Gasteiger partial charge in [-0.05, 0) is 83.1 Å². The largest absolute Gasteiger partial charge is 0.393 e. The van der Waals surface area contributed by atoms with Crippen LogP contribution in [-0.2, 0) is 4.74 Å². The molecule has 3 rings (SSSR count). The van der Waals surface area contributed by atoms with Gasteiger partial charge in [0.15, 0.2) is 0 Å². The van der Waals surface area contributed by atoms with E-state index in [1.165, 1.54) is 5.57 Å². The maximum Gasteiger partial charge on any atom is 0.117 e. The van der Waals surface area contributed by atoms with Crippen molar-refractivity contribution in [3.8, 4) is 0 Å². The predicted octanol–water partition coefficient (Wildman–Crippen LogP) is 7.92. The number of allylic oxidation sites excluding steroid dienone is 14. The molecule has 0 aromatic carbocycles. The van der Waals surface area contributed by atoms with Crippen LogP contribution in [0.3, 0.4) is 0 Å². The van der Waals surface area contributed by atoms with Crippen LogP contribution in [0.5, 0.6) is 0 Å². The lowest BCUT2D eigenvalue weighted by Crippen LogP contribution is -2.65. The molecule has 0 radical (unpaired) electrons. The fraction of sp³-hybridized carbons (Fsp3) is 0.550. The molecule has 5 heteroatoms. The lowest BCUT2D eigenvalue weighted by atomic mass is 9.57. The minimum absolute atomic E-state index is 0.0642. The van der Waals surface area contributed by atoms with Gasteiger partial charge in [-0.25, -0.2) is 0 Å². The average molecular weight is 619 g/mol. The SMILES string of the molecule is CC(/C=C/C=C(C)/C=C/[C@@]1(O)C(C)(C)C[C@H](O)C[C@@]1(C)O)=C\C=C\C=C(C)\C=C\C=C(/C)[C@H]1C=C2C(C)(C)C[C@H](O)C[C@@]2(C)O1. The van der Waals surface area contributed by atoms with E-state index in [4.69, 9.17) is 4.74 Å². The first-order valence-electron chi connectivity index (χ1n) is 16.3. The maximum atomic E-state index is 11.4. The van der Waals surface area contributed by atoms with E-state index in [-0.39, 0.29) is 24.0 Å². The number of hydrogen-bond donors (Lipinski definition) is 4. The molecular weight excluding hydrogens is 560 g/mol. The van der Waals surface area contributed by atoms with Crippen LogP contribution >= 0.6 is 0 Å². The molecular formula is C40H58O5. The van der Waals surface area contributed by atoms with Crippen molar-refractivity contribution in [2.24, 2.45) is 10.8 Å². The lowest BCUT2D eigenvalue weighted by molar-refractivity contribution is -0.216. The summed E-state index contributed by atoms with van der Waals surface area (Å²) in [5.41, 5.74) is 1.62. The average Bonchev–Trinajstić information content (AvgIpc) is 3.26. The molecule has 248 valence electrons. The normalized spacial score (nSPS) is 36.5. The molecule has 4 N–H and O–H groups in total. The number of aliphatic hydroxyl groups excluding tert-OH is 2. The summed E-state index contributed by atoms with van der Waals surface area (Å²) in [4.78, 5) is 0. The van der Waals surface area contributed by atoms with Crippen molar-refractivity contribution in [3.63, 3.8) is 0 Å². The standard InChI is InChI=1S/C40H58O5/c1-28(17-13-18-30(3)21-22-40(44)37(7,8)25-33(42)27-39(40,10)43)15-11-12-16-29(2)19-14-20-31(4)34-23-35-36(5,6)24-32(41)26-38(35,9)45-34/h11-23,32-34,41-44H,24-27H2,1-10H3/b12-11+,17-13+,19-14+,22-21+,28-15+,29-16+,30-18+,31-20+/t32-,33-,34+,38+,39+,40+/m0/s1. The van der Waals surface area contributed by atoms with E-state index in [1.54, 1.807) is 13.0 Å². The minimum atomic E-state index is -1.45. The zero-order valence-corrected chi connectivity index (χ0v) is 29.3. The maximum absolute atomic E-state index is 11.4. The quantitative estimate of drug-likeness (QED) is 0.156. The molecule has 5 nitrogen and oxygen atoms in total. The van der Waals surface area contributed by atoms with Crippen molar-refractivity contribution in [3.05, 3.63) is 107 Å². The van der Waals surface area contributed by atoms with Gasteiger partial charge in [0, 0.05) is 18.3 Å². The van der Waals surface area contributed by atoms with Crippen molar-refractivity contribution in [1.82, 2.24) is 0 Å². The van der Waals surface area contributed by atoms with Gasteiger partial charge in [0.05, 0.1) is 29.5 Å². The van der Waals surface area contributed by atoms with Crippen LogP contribution in [0.1, 0.15) is 94.9 Å². The molecule has 0 bridgehead atoms. The number of ether oxygens (including phenoxy) is 1. The van der Waals surface area contributed by atoms with Crippen LogP contribution in [0.2, 0.25) is 0 Å². The van der Waals surface area contributed by atoms with Crippen molar-refractivity contribution in [2.75, 3.05) is 0 Å². The molecule has 0 amide bonds. The van der Waals surface area contributed by atoms with E-state index in [0.29, 0.717) is 12.8 Å². The van der Waals surface area contributed by atoms with Crippen LogP contribution in [0.15, 0.2) is 107 Å². The zero-order valence-electron chi connectivity index (χ0n) is 29.3. The molecule has 1 heterocycles. The summed E-state index contributed by atoms with van der Waals surface area (Å²) in [5.74, 6) is 0. The van der Waals surface area contributed by atoms with E-state index in [1.807, 2.05) is 70.2 Å². The van der Waals surface area contributed by atoms with Gasteiger partial charge in [-0.15, -0.1) is 0 Å². The number of rotatable bonds is 9. The number of fused-ring (bicyclic) bond motifs is 1. The van der Waals surface area contributed by atoms with E-state index in [0.717, 1.165) is 28.7 Å². The molecule has 0 saturated heterocycles. The van der Waals surface area contributed by atoms with E-state index in [9.17, 15) is 20.4 Å². The molecule has 0 unspecified atom stereocenters. The lowest BCUT2D eigenvalue weighted by Gasteiger charge is -2.54. The molecule has 0 spiro atoms. The molecule has 2 aliphatic carbocycles. The van der Waals surface area contributed by atoms with Crippen molar-refractivity contribution >= 4 is 0 Å². The molecule has 0 aromatic rings. The van der Waals surface area contributed by atoms with Gasteiger partial charge in [-0.2, -0.15) is 0 Å². The van der Waals surface area contributed by atoms with Gasteiger partial charge >= 0.3 is 0 Å². The van der Waals surface area contributed by atoms with Crippen molar-refractivity contribution in [1.29, 1.82) is 0 Å². The Balaban J connectivity index is 1.55. The Hall–Kier alpha value is -2.54. The third kappa shape index (κ3) is 8.84. The molecule has 1 aliphatic heterocycles. The first-order chi connectivity index (χ1) is 20.7. The Morgan fingerprint density at radius 3 is 1.78 bits per heavy atom. The van der Waals surface area contributed by atoms with Crippen LogP contribution in [0.4, 0.5) is 0 Å². The van der Waals surface area contributed by atoms with Crippen molar-refractivity contribution < 1.29 is 25.2 Å². The topological polar surface area (TPSA) is 90.2 Å². The van der Waals surface area contributed by atoms with E-state index in [2.05, 4.69) is 65.0 Å². The van der Waals surface area contributed by atoms with E-state index >= 15 is 0 Å². The number of aliphatic hydroxyl groups is 4. The highest BCUT2D eigenvalue weighted by molar-refractivity contribution is 5.37. The highest BCUT2D eigenvalue weighted by Crippen LogP contribution is 2.52. The Kier molecular flexibility index (Phi) is 11.5. The highest BCUT2D eigenvalue weighted by Gasteiger charge is 2.58. The predicted molar refractivity (Wildman–Crippen MR) is 187 cm³/mol. The monoisotopic (exact) mass is 618 g/mol. The molecule has 0 aromatic heterocycles. The second-order valence-electron chi connectivity index (χ2n) is 15.4. The third-order valence-corrected chi connectivity index (χ3v) is 9.91. The Labute approximate surface area is 272 Å². The fourth-order valence-electron chi connectivity index (χ4n) is 7.45. The fourth-order valence-corrected chi connectivity index (χ4v) is 7.45. The summed E-state index contributed by atoms with van der Waals surface area (Å²) in [5, 5.41) is 42.9. The van der Waals surface area contributed by atoms with Crippen LogP contribution < -0.4 is 0 Å². The summed E-state index contributed by atoms with van der Waals surface area (Å²) in [7, 11) is 0. The highest BCUT2D eigenvalue weighted by atomic mass is 16.5. The summed E-state index contributed by atoms with van der Waals surface area (Å²) in [6.45, 7) is 20.0. The first-order valence-corrected chi connectivity index (χ1v) is 16.3. The smallest absolute Gasteiger partial charge is 0.117 e. The van der Waals surface area contributed by atoms with Gasteiger partial charge in [-0.1, -0.05) is 111 Å². The third-order valence-electron chi connectivity index (χ3n) is 9.91. The summed E-state index contributed by atoms with van der Waals surface area (Å²) >= 11 is 0. The summed E-state index contributed by atoms with van der Waals surface area (Å²) < 4.78 is 6.45. The van der Waals surface area contributed by atoms with Crippen molar-refractivity contribution in [2.45, 2.75) is 130 Å². The summed E-state index contributed by atoms with van der Waals surface area (Å²) in [6.07, 6.45) is 27.1. The molecule has 3 aliphatic rings. The Morgan fingerprint density at radius 1 is 0.689 bits per heavy atom. The molecule has 45 heavy (non-hydrogen) atoms. The minimum Gasteiger partial charge on any atom is -0.393 e. The second kappa shape index (κ2) is 14.1. The van der Waals surface area contributed by atoms with Crippen LogP contribution in [0, 0.1) is 10.8 Å². The number of hydrogen-bond acceptors (Lipinski definition) is 5. The van der Waals surface area contributed by atoms with Gasteiger partial charge in [0.25, 0.3) is 0 Å². The molecule has 2 saturated carbocycles. The van der Waals surface area contributed by atoms with Gasteiger partial charge in [0.1, 0.15) is 5.60 Å². The van der Waals surface area contributed by atoms with Crippen LogP contribution in [-0.4, -0.2) is 55.5 Å². The van der Waals surface area contributed by atoms with Gasteiger partial charge < -0.3 is 25.2 Å². The van der Waals surface area contributed by atoms with Gasteiger partial charge in [-0.3, -0.25) is 0 Å². The molecule has 2 fully saturated rings. The first kappa shape index (κ1) is 36.9. The Bertz CT molecular complexity index is 1340. The zero-order chi connectivity index (χ0) is 33.8. The van der Waals surface area contributed by atoms with E-state index < -0.39 is 28.3 Å². The van der Waals surface area contributed by atoms with Gasteiger partial charge in [0.2, 0.25) is 0 Å². The Morgan fingerprint density at radius 2 is 1.20 bits per heavy atom. The summed E-state index contributed by atoms with van der Waals surface area (Å²) in [6, 6.07) is 0. The molecule has 6 atom stereocenters.